The first-order valence-electron chi connectivity index (χ1n) is 27.7. The molecule has 0 radical (unpaired) electrons. The molecular formula is C58H106NO7+. The maximum absolute atomic E-state index is 12.8. The predicted molar refractivity (Wildman–Crippen MR) is 280 cm³/mol. The number of unbranched alkanes of at least 4 members (excludes halogenated alkanes) is 28. The van der Waals surface area contributed by atoms with E-state index in [2.05, 4.69) is 62.5 Å². The molecule has 2 unspecified atom stereocenters. The van der Waals surface area contributed by atoms with Crippen molar-refractivity contribution < 1.29 is 38.2 Å². The Balaban J connectivity index is 4.19. The van der Waals surface area contributed by atoms with E-state index >= 15 is 0 Å². The molecule has 0 aliphatic heterocycles. The zero-order valence-electron chi connectivity index (χ0n) is 43.9. The van der Waals surface area contributed by atoms with Crippen molar-refractivity contribution in [3.05, 3.63) is 48.6 Å². The van der Waals surface area contributed by atoms with Crippen molar-refractivity contribution in [2.75, 3.05) is 41.0 Å². The molecule has 0 aromatic carbocycles. The minimum Gasteiger partial charge on any atom is -0.477 e. The quantitative estimate of drug-likeness (QED) is 0.0281. The van der Waals surface area contributed by atoms with Crippen LogP contribution in [0, 0.1) is 0 Å². The average molecular weight is 929 g/mol. The molecule has 0 spiro atoms. The molecule has 0 aromatic heterocycles. The zero-order chi connectivity index (χ0) is 48.4. The predicted octanol–water partition coefficient (Wildman–Crippen LogP) is 16.3. The molecule has 0 saturated carbocycles. The molecule has 8 nitrogen and oxygen atoms in total. The number of carbonyl (C=O) groups excluding carboxylic acids is 2. The molecule has 8 heteroatoms. The van der Waals surface area contributed by atoms with Gasteiger partial charge in [-0.1, -0.05) is 229 Å². The summed E-state index contributed by atoms with van der Waals surface area (Å²) in [6, 6.07) is -0.617. The van der Waals surface area contributed by atoms with Crippen LogP contribution in [0.4, 0.5) is 0 Å². The van der Waals surface area contributed by atoms with Gasteiger partial charge in [0.1, 0.15) is 6.61 Å². The molecule has 384 valence electrons. The second-order valence-electron chi connectivity index (χ2n) is 19.8. The minimum absolute atomic E-state index is 0.0518. The first-order valence-corrected chi connectivity index (χ1v) is 27.7. The van der Waals surface area contributed by atoms with Gasteiger partial charge in [-0.05, 0) is 51.4 Å². The van der Waals surface area contributed by atoms with Crippen molar-refractivity contribution in [3.8, 4) is 0 Å². The zero-order valence-corrected chi connectivity index (χ0v) is 43.9. The smallest absolute Gasteiger partial charge is 0.362 e. The first-order chi connectivity index (χ1) is 32.1. The Kier molecular flexibility index (Phi) is 46.7. The second kappa shape index (κ2) is 48.7. The van der Waals surface area contributed by atoms with Gasteiger partial charge in [-0.25, -0.2) is 4.79 Å². The van der Waals surface area contributed by atoms with Gasteiger partial charge >= 0.3 is 17.9 Å². The van der Waals surface area contributed by atoms with E-state index in [9.17, 15) is 19.5 Å². The second-order valence-corrected chi connectivity index (χ2v) is 19.8. The SMILES string of the molecule is CC/C=C\C/C=C\C/C=C\C/C=C\CCCCCCCCCCC(=O)OC(COCCC(C(=O)O)[N+](C)(C)C)COC(=O)CCCCCCCCCCCCCCCCCCCCCCC. The maximum atomic E-state index is 12.8. The average Bonchev–Trinajstić information content (AvgIpc) is 3.28. The van der Waals surface area contributed by atoms with Crippen LogP contribution in [-0.2, 0) is 28.6 Å². The largest absolute Gasteiger partial charge is 0.477 e. The lowest BCUT2D eigenvalue weighted by Crippen LogP contribution is -2.50. The van der Waals surface area contributed by atoms with Crippen LogP contribution >= 0.6 is 0 Å². The van der Waals surface area contributed by atoms with E-state index in [0.717, 1.165) is 70.6 Å². The summed E-state index contributed by atoms with van der Waals surface area (Å²) < 4.78 is 17.4. The molecule has 0 aromatic rings. The molecule has 0 fully saturated rings. The summed E-state index contributed by atoms with van der Waals surface area (Å²) in [4.78, 5) is 37.2. The van der Waals surface area contributed by atoms with Gasteiger partial charge in [-0.3, -0.25) is 9.59 Å². The van der Waals surface area contributed by atoms with Crippen LogP contribution in [0.2, 0.25) is 0 Å². The van der Waals surface area contributed by atoms with Crippen LogP contribution in [0.15, 0.2) is 48.6 Å². The number of esters is 2. The fourth-order valence-electron chi connectivity index (χ4n) is 8.26. The van der Waals surface area contributed by atoms with E-state index in [1.54, 1.807) is 0 Å². The van der Waals surface area contributed by atoms with Gasteiger partial charge in [0.15, 0.2) is 12.1 Å². The molecule has 0 amide bonds. The van der Waals surface area contributed by atoms with Gasteiger partial charge in [-0.2, -0.15) is 0 Å². The van der Waals surface area contributed by atoms with E-state index in [4.69, 9.17) is 14.2 Å². The monoisotopic (exact) mass is 929 g/mol. The Morgan fingerprint density at radius 3 is 1.26 bits per heavy atom. The van der Waals surface area contributed by atoms with Crippen LogP contribution in [0.3, 0.4) is 0 Å². The first kappa shape index (κ1) is 63.3. The van der Waals surface area contributed by atoms with E-state index in [0.29, 0.717) is 19.3 Å². The lowest BCUT2D eigenvalue weighted by molar-refractivity contribution is -0.887. The maximum Gasteiger partial charge on any atom is 0.362 e. The molecule has 0 heterocycles. The molecule has 0 rings (SSSR count). The number of nitrogens with zero attached hydrogens (tertiary/aromatic N) is 1. The van der Waals surface area contributed by atoms with Crippen molar-refractivity contribution in [3.63, 3.8) is 0 Å². The molecule has 66 heavy (non-hydrogen) atoms. The highest BCUT2D eigenvalue weighted by atomic mass is 16.6. The number of hydrogen-bond acceptors (Lipinski definition) is 6. The summed E-state index contributed by atoms with van der Waals surface area (Å²) in [5.74, 6) is -1.46. The van der Waals surface area contributed by atoms with Crippen molar-refractivity contribution >= 4 is 17.9 Å². The number of allylic oxidation sites excluding steroid dienone is 8. The Labute approximate surface area is 407 Å². The fraction of sp³-hybridized carbons (Fsp3) is 0.810. The minimum atomic E-state index is -0.874. The molecule has 0 aliphatic rings. The number of ether oxygens (including phenoxy) is 3. The summed E-state index contributed by atoms with van der Waals surface area (Å²) in [6.45, 7) is 4.66. The van der Waals surface area contributed by atoms with Gasteiger partial charge in [0.05, 0.1) is 34.4 Å². The third-order valence-corrected chi connectivity index (χ3v) is 12.5. The van der Waals surface area contributed by atoms with Crippen molar-refractivity contribution in [1.29, 1.82) is 0 Å². The lowest BCUT2D eigenvalue weighted by Gasteiger charge is -2.31. The summed E-state index contributed by atoms with van der Waals surface area (Å²) in [6.07, 6.45) is 60.2. The highest BCUT2D eigenvalue weighted by molar-refractivity contribution is 5.72. The normalized spacial score (nSPS) is 13.2. The highest BCUT2D eigenvalue weighted by Crippen LogP contribution is 2.17. The lowest BCUT2D eigenvalue weighted by atomic mass is 10.0. The van der Waals surface area contributed by atoms with E-state index in [-0.39, 0.29) is 36.2 Å². The molecule has 0 aliphatic carbocycles. The fourth-order valence-corrected chi connectivity index (χ4v) is 8.26. The number of quaternary nitrogens is 1. The standard InChI is InChI=1S/C58H105NO7/c1-6-8-10-12-14-16-18-20-22-24-26-28-30-32-34-36-38-40-42-44-46-48-56(60)65-53-54(52-64-51-50-55(58(62)63)59(3,4)5)66-57(61)49-47-45-43-41-39-37-35-33-31-29-27-25-23-21-19-17-15-13-11-9-7-2/h9,11,15,17,21,23,27,29,54-55H,6-8,10,12-14,16,18-20,22,24-26,28,30-53H2,1-5H3/p+1/b11-9-,17-15-,23-21-,29-27-. The van der Waals surface area contributed by atoms with Crippen LogP contribution in [0.1, 0.15) is 251 Å². The summed E-state index contributed by atoms with van der Waals surface area (Å²) >= 11 is 0. The van der Waals surface area contributed by atoms with Gasteiger partial charge in [-0.15, -0.1) is 0 Å². The summed E-state index contributed by atoms with van der Waals surface area (Å²) in [7, 11) is 5.54. The van der Waals surface area contributed by atoms with Crippen molar-refractivity contribution in [1.82, 2.24) is 0 Å². The summed E-state index contributed by atoms with van der Waals surface area (Å²) in [5.41, 5.74) is 0. The van der Waals surface area contributed by atoms with Gasteiger partial charge < -0.3 is 23.8 Å². The number of carboxylic acid groups (broad SMARTS) is 1. The topological polar surface area (TPSA) is 99.1 Å². The number of carboxylic acids is 1. The van der Waals surface area contributed by atoms with Gasteiger partial charge in [0.25, 0.3) is 0 Å². The Bertz CT molecular complexity index is 1220. The molecule has 0 saturated heterocycles. The van der Waals surface area contributed by atoms with Crippen molar-refractivity contribution in [2.24, 2.45) is 0 Å². The van der Waals surface area contributed by atoms with Crippen LogP contribution in [0.25, 0.3) is 0 Å². The van der Waals surface area contributed by atoms with E-state index in [1.807, 2.05) is 21.1 Å². The number of rotatable bonds is 50. The number of likely N-dealkylation sites (N-methyl/N-ethyl adjacent to an activating group) is 1. The van der Waals surface area contributed by atoms with Crippen LogP contribution in [-0.4, -0.2) is 80.6 Å². The molecule has 0 bridgehead atoms. The number of carbonyl (C=O) groups is 3. The van der Waals surface area contributed by atoms with Gasteiger partial charge in [0.2, 0.25) is 0 Å². The number of hydrogen-bond donors (Lipinski definition) is 1. The van der Waals surface area contributed by atoms with Gasteiger partial charge in [0, 0.05) is 19.3 Å². The van der Waals surface area contributed by atoms with E-state index in [1.165, 1.54) is 148 Å². The third-order valence-electron chi connectivity index (χ3n) is 12.5. The van der Waals surface area contributed by atoms with Crippen molar-refractivity contribution in [2.45, 2.75) is 264 Å². The van der Waals surface area contributed by atoms with Crippen LogP contribution in [0.5, 0.6) is 0 Å². The highest BCUT2D eigenvalue weighted by Gasteiger charge is 2.31. The molecule has 1 N–H and O–H groups in total. The molecular weight excluding hydrogens is 823 g/mol. The van der Waals surface area contributed by atoms with E-state index < -0.39 is 18.1 Å². The van der Waals surface area contributed by atoms with Crippen LogP contribution < -0.4 is 0 Å². The molecule has 2 atom stereocenters. The summed E-state index contributed by atoms with van der Waals surface area (Å²) in [5, 5.41) is 9.67. The third kappa shape index (κ3) is 46.4. The Hall–Kier alpha value is -2.71. The number of aliphatic carboxylic acids is 1. The Morgan fingerprint density at radius 1 is 0.470 bits per heavy atom. The Morgan fingerprint density at radius 2 is 0.848 bits per heavy atom.